The quantitative estimate of drug-likeness (QED) is 0.712. The third-order valence-corrected chi connectivity index (χ3v) is 5.05. The summed E-state index contributed by atoms with van der Waals surface area (Å²) in [6.07, 6.45) is 0. The molecular weight excluding hydrogens is 322 g/mol. The van der Waals surface area contributed by atoms with Crippen molar-refractivity contribution in [3.05, 3.63) is 65.7 Å². The summed E-state index contributed by atoms with van der Waals surface area (Å²) in [5.41, 5.74) is 4.64. The Balaban J connectivity index is 1.83. The zero-order valence-corrected chi connectivity index (χ0v) is 15.3. The summed E-state index contributed by atoms with van der Waals surface area (Å²) in [7, 11) is 2.10. The Kier molecular flexibility index (Phi) is 4.43. The number of aryl methyl sites for hydroxylation is 1. The van der Waals surface area contributed by atoms with E-state index in [9.17, 15) is 4.79 Å². The van der Waals surface area contributed by atoms with E-state index in [-0.39, 0.29) is 5.91 Å². The molecule has 1 aliphatic rings. The van der Waals surface area contributed by atoms with Gasteiger partial charge in [0.05, 0.1) is 16.8 Å². The monoisotopic (exact) mass is 345 g/mol. The Morgan fingerprint density at radius 3 is 2.42 bits per heavy atom. The number of benzene rings is 2. The molecule has 4 heteroatoms. The van der Waals surface area contributed by atoms with Crippen molar-refractivity contribution in [2.24, 2.45) is 0 Å². The number of carbonyl (C=O) groups is 1. The van der Waals surface area contributed by atoms with Crippen molar-refractivity contribution in [2.75, 3.05) is 33.2 Å². The second-order valence-corrected chi connectivity index (χ2v) is 7.04. The SMILES string of the molecule is Cc1ccc2nc(-c3ccccc3)cc(C(=O)N3CCN(C)CC3)c2c1. The van der Waals surface area contributed by atoms with E-state index in [1.807, 2.05) is 53.4 Å². The minimum atomic E-state index is 0.105. The van der Waals surface area contributed by atoms with E-state index in [2.05, 4.69) is 24.9 Å². The van der Waals surface area contributed by atoms with Crippen LogP contribution in [0.3, 0.4) is 0 Å². The van der Waals surface area contributed by atoms with Gasteiger partial charge in [-0.2, -0.15) is 0 Å². The highest BCUT2D eigenvalue weighted by molar-refractivity contribution is 6.07. The summed E-state index contributed by atoms with van der Waals surface area (Å²) in [4.78, 5) is 22.3. The zero-order chi connectivity index (χ0) is 18.1. The number of hydrogen-bond donors (Lipinski definition) is 0. The molecule has 0 aliphatic carbocycles. The van der Waals surface area contributed by atoms with Gasteiger partial charge in [-0.05, 0) is 32.2 Å². The van der Waals surface area contributed by atoms with Gasteiger partial charge in [-0.15, -0.1) is 0 Å². The van der Waals surface area contributed by atoms with Crippen molar-refractivity contribution in [3.63, 3.8) is 0 Å². The molecule has 2 aromatic carbocycles. The highest BCUT2D eigenvalue weighted by Gasteiger charge is 2.23. The maximum absolute atomic E-state index is 13.3. The molecule has 1 aromatic heterocycles. The third kappa shape index (κ3) is 3.20. The van der Waals surface area contributed by atoms with Crippen molar-refractivity contribution in [3.8, 4) is 11.3 Å². The Morgan fingerprint density at radius 2 is 1.69 bits per heavy atom. The number of likely N-dealkylation sites (N-methyl/N-ethyl adjacent to an activating group) is 1. The highest BCUT2D eigenvalue weighted by atomic mass is 16.2. The predicted molar refractivity (Wildman–Crippen MR) is 105 cm³/mol. The molecule has 0 N–H and O–H groups in total. The lowest BCUT2D eigenvalue weighted by Gasteiger charge is -2.32. The van der Waals surface area contributed by atoms with Crippen LogP contribution in [0.4, 0.5) is 0 Å². The average Bonchev–Trinajstić information content (AvgIpc) is 2.68. The van der Waals surface area contributed by atoms with Crippen molar-refractivity contribution in [2.45, 2.75) is 6.92 Å². The number of rotatable bonds is 2. The van der Waals surface area contributed by atoms with Gasteiger partial charge in [-0.3, -0.25) is 4.79 Å². The van der Waals surface area contributed by atoms with Crippen LogP contribution in [0.1, 0.15) is 15.9 Å². The van der Waals surface area contributed by atoms with E-state index in [1.165, 1.54) is 0 Å². The van der Waals surface area contributed by atoms with Crippen LogP contribution in [-0.4, -0.2) is 53.9 Å². The Hall–Kier alpha value is -2.72. The van der Waals surface area contributed by atoms with E-state index in [1.54, 1.807) is 0 Å². The van der Waals surface area contributed by atoms with Gasteiger partial charge in [-0.1, -0.05) is 42.0 Å². The second-order valence-electron chi connectivity index (χ2n) is 7.04. The first-order valence-electron chi connectivity index (χ1n) is 9.06. The zero-order valence-electron chi connectivity index (χ0n) is 15.3. The molecule has 4 rings (SSSR count). The lowest BCUT2D eigenvalue weighted by Crippen LogP contribution is -2.47. The largest absolute Gasteiger partial charge is 0.336 e. The minimum Gasteiger partial charge on any atom is -0.336 e. The molecule has 0 radical (unpaired) electrons. The van der Waals surface area contributed by atoms with Gasteiger partial charge in [0.2, 0.25) is 0 Å². The van der Waals surface area contributed by atoms with Crippen LogP contribution < -0.4 is 0 Å². The molecule has 1 amide bonds. The van der Waals surface area contributed by atoms with E-state index in [0.29, 0.717) is 0 Å². The van der Waals surface area contributed by atoms with Gasteiger partial charge in [0.15, 0.2) is 0 Å². The molecule has 1 aliphatic heterocycles. The Morgan fingerprint density at radius 1 is 0.962 bits per heavy atom. The van der Waals surface area contributed by atoms with Crippen molar-refractivity contribution in [1.82, 2.24) is 14.8 Å². The van der Waals surface area contributed by atoms with Gasteiger partial charge in [0.25, 0.3) is 5.91 Å². The van der Waals surface area contributed by atoms with Gasteiger partial charge in [0.1, 0.15) is 0 Å². The average molecular weight is 345 g/mol. The number of aromatic nitrogens is 1. The van der Waals surface area contributed by atoms with Crippen LogP contribution in [0.5, 0.6) is 0 Å². The Bertz CT molecular complexity index is 944. The predicted octanol–water partition coefficient (Wildman–Crippen LogP) is 3.60. The number of pyridine rings is 1. The van der Waals surface area contributed by atoms with Crippen LogP contribution in [0.2, 0.25) is 0 Å². The summed E-state index contributed by atoms with van der Waals surface area (Å²) in [6, 6.07) is 18.1. The van der Waals surface area contributed by atoms with Crippen molar-refractivity contribution in [1.29, 1.82) is 0 Å². The first-order valence-corrected chi connectivity index (χ1v) is 9.06. The van der Waals surface area contributed by atoms with Crippen LogP contribution in [-0.2, 0) is 0 Å². The van der Waals surface area contributed by atoms with E-state index in [4.69, 9.17) is 4.98 Å². The summed E-state index contributed by atoms with van der Waals surface area (Å²) < 4.78 is 0. The molecule has 26 heavy (non-hydrogen) atoms. The third-order valence-electron chi connectivity index (χ3n) is 5.05. The number of hydrogen-bond acceptors (Lipinski definition) is 3. The summed E-state index contributed by atoms with van der Waals surface area (Å²) >= 11 is 0. The molecule has 0 atom stereocenters. The molecule has 4 nitrogen and oxygen atoms in total. The highest BCUT2D eigenvalue weighted by Crippen LogP contribution is 2.27. The van der Waals surface area contributed by atoms with Crippen LogP contribution >= 0.6 is 0 Å². The maximum Gasteiger partial charge on any atom is 0.254 e. The fourth-order valence-electron chi connectivity index (χ4n) is 3.45. The molecule has 1 fully saturated rings. The molecule has 0 spiro atoms. The lowest BCUT2D eigenvalue weighted by atomic mass is 10.0. The van der Waals surface area contributed by atoms with Crippen LogP contribution in [0.25, 0.3) is 22.2 Å². The van der Waals surface area contributed by atoms with Crippen molar-refractivity contribution < 1.29 is 4.79 Å². The smallest absolute Gasteiger partial charge is 0.254 e. The first-order chi connectivity index (χ1) is 12.6. The van der Waals surface area contributed by atoms with Crippen LogP contribution in [0.15, 0.2) is 54.6 Å². The fraction of sp³-hybridized carbons (Fsp3) is 0.273. The number of carbonyl (C=O) groups excluding carboxylic acids is 1. The van der Waals surface area contributed by atoms with Gasteiger partial charge in [0, 0.05) is 37.1 Å². The number of piperazine rings is 1. The molecule has 0 unspecified atom stereocenters. The molecule has 1 saturated heterocycles. The van der Waals surface area contributed by atoms with E-state index >= 15 is 0 Å². The summed E-state index contributed by atoms with van der Waals surface area (Å²) in [6.45, 7) is 5.42. The number of nitrogens with zero attached hydrogens (tertiary/aromatic N) is 3. The normalized spacial score (nSPS) is 15.4. The molecule has 2 heterocycles. The second kappa shape index (κ2) is 6.89. The van der Waals surface area contributed by atoms with Crippen molar-refractivity contribution >= 4 is 16.8 Å². The number of amides is 1. The first kappa shape index (κ1) is 16.7. The molecule has 132 valence electrons. The Labute approximate surface area is 154 Å². The number of fused-ring (bicyclic) bond motifs is 1. The van der Waals surface area contributed by atoms with Gasteiger partial charge in [-0.25, -0.2) is 4.98 Å². The lowest BCUT2D eigenvalue weighted by molar-refractivity contribution is 0.0666. The minimum absolute atomic E-state index is 0.105. The topological polar surface area (TPSA) is 36.4 Å². The molecular formula is C22H23N3O. The van der Waals surface area contributed by atoms with E-state index in [0.717, 1.165) is 59.5 Å². The molecule has 0 bridgehead atoms. The van der Waals surface area contributed by atoms with Gasteiger partial charge >= 0.3 is 0 Å². The standard InChI is InChI=1S/C22H23N3O/c1-16-8-9-20-18(14-16)19(22(26)25-12-10-24(2)11-13-25)15-21(23-20)17-6-4-3-5-7-17/h3-9,14-15H,10-13H2,1-2H3. The van der Waals surface area contributed by atoms with Gasteiger partial charge < -0.3 is 9.80 Å². The summed E-state index contributed by atoms with van der Waals surface area (Å²) in [5, 5.41) is 0.939. The maximum atomic E-state index is 13.3. The fourth-order valence-corrected chi connectivity index (χ4v) is 3.45. The van der Waals surface area contributed by atoms with Crippen LogP contribution in [0, 0.1) is 6.92 Å². The molecule has 3 aromatic rings. The molecule has 0 saturated carbocycles. The van der Waals surface area contributed by atoms with E-state index < -0.39 is 0 Å². The summed E-state index contributed by atoms with van der Waals surface area (Å²) in [5.74, 6) is 0.105.